The van der Waals surface area contributed by atoms with E-state index in [2.05, 4.69) is 22.5 Å². The van der Waals surface area contributed by atoms with Gasteiger partial charge in [0.25, 0.3) is 0 Å². The number of carbonyl (C=O) groups is 3. The van der Waals surface area contributed by atoms with Crippen molar-refractivity contribution in [3.8, 4) is 5.75 Å². The zero-order valence-electron chi connectivity index (χ0n) is 14.5. The molecule has 4 aliphatic rings. The Morgan fingerprint density at radius 2 is 1.88 bits per heavy atom. The highest BCUT2D eigenvalue weighted by Crippen LogP contribution is 2.50. The summed E-state index contributed by atoms with van der Waals surface area (Å²) >= 11 is 0. The number of rotatable bonds is 4. The number of allylic oxidation sites excluding steroid dienone is 2. The Balaban J connectivity index is 1.59. The molecular formula is C19H21N3O4. The molecule has 0 radical (unpaired) electrons. The van der Waals surface area contributed by atoms with Crippen LogP contribution in [0.5, 0.6) is 5.75 Å². The second-order valence-electron chi connectivity index (χ2n) is 7.17. The number of nitrogens with zero attached hydrogens (tertiary/aromatic N) is 2. The maximum atomic E-state index is 13.0. The Morgan fingerprint density at radius 1 is 1.27 bits per heavy atom. The molecule has 5 unspecified atom stereocenters. The molecule has 5 atom stereocenters. The number of imide groups is 1. The summed E-state index contributed by atoms with van der Waals surface area (Å²) in [5, 5.41) is 12.3. The number of pyridine rings is 1. The molecule has 1 aliphatic heterocycles. The fraction of sp³-hybridized carbons (Fsp3) is 0.474. The molecule has 2 N–H and O–H groups in total. The summed E-state index contributed by atoms with van der Waals surface area (Å²) in [6.07, 6.45) is 7.69. The number of likely N-dealkylation sites (tertiary alicyclic amines) is 1. The van der Waals surface area contributed by atoms with E-state index in [1.165, 1.54) is 12.3 Å². The molecule has 0 spiro atoms. The molecule has 5 rings (SSSR count). The van der Waals surface area contributed by atoms with E-state index in [1.54, 1.807) is 13.0 Å². The third-order valence-electron chi connectivity index (χ3n) is 5.82. The standard InChI is InChI=1S/C19H21N3O4/c1-2-12(17(24)21-16-13(23)4-3-9-20-16)22-18(25)14-10-5-6-11(8-7-10)15(14)19(22)26/h3-6,9-12,14-15,23H,2,7-8H2,1H3,(H,20,21,24). The van der Waals surface area contributed by atoms with Crippen LogP contribution < -0.4 is 5.32 Å². The van der Waals surface area contributed by atoms with Crippen LogP contribution in [-0.2, 0) is 14.4 Å². The van der Waals surface area contributed by atoms with Crippen LogP contribution in [-0.4, -0.2) is 38.8 Å². The van der Waals surface area contributed by atoms with Crippen molar-refractivity contribution in [2.45, 2.75) is 32.2 Å². The van der Waals surface area contributed by atoms with Crippen molar-refractivity contribution in [3.63, 3.8) is 0 Å². The van der Waals surface area contributed by atoms with Gasteiger partial charge >= 0.3 is 0 Å². The summed E-state index contributed by atoms with van der Waals surface area (Å²) in [5.41, 5.74) is 0. The Labute approximate surface area is 151 Å². The van der Waals surface area contributed by atoms with Gasteiger partial charge in [-0.1, -0.05) is 19.1 Å². The molecule has 0 aromatic carbocycles. The second kappa shape index (κ2) is 6.23. The Hall–Kier alpha value is -2.70. The van der Waals surface area contributed by atoms with E-state index in [9.17, 15) is 19.5 Å². The van der Waals surface area contributed by atoms with Gasteiger partial charge in [0.2, 0.25) is 17.7 Å². The SMILES string of the molecule is CCC(C(=O)Nc1ncccc1O)N1C(=O)C2C3C=CC(CC3)C2C1=O. The van der Waals surface area contributed by atoms with Crippen LogP contribution in [0.25, 0.3) is 0 Å². The van der Waals surface area contributed by atoms with Gasteiger partial charge in [0, 0.05) is 6.20 Å². The minimum absolute atomic E-state index is 0.0224. The van der Waals surface area contributed by atoms with Crippen molar-refractivity contribution in [1.82, 2.24) is 9.88 Å². The van der Waals surface area contributed by atoms with Gasteiger partial charge in [0.15, 0.2) is 11.6 Å². The van der Waals surface area contributed by atoms with Gasteiger partial charge in [-0.3, -0.25) is 19.3 Å². The van der Waals surface area contributed by atoms with Crippen LogP contribution >= 0.6 is 0 Å². The lowest BCUT2D eigenvalue weighted by atomic mass is 9.63. The summed E-state index contributed by atoms with van der Waals surface area (Å²) < 4.78 is 0. The van der Waals surface area contributed by atoms with E-state index in [4.69, 9.17) is 0 Å². The van der Waals surface area contributed by atoms with E-state index in [-0.39, 0.29) is 47.1 Å². The lowest BCUT2D eigenvalue weighted by Gasteiger charge is -2.38. The van der Waals surface area contributed by atoms with E-state index in [1.807, 2.05) is 0 Å². The molecule has 7 heteroatoms. The Kier molecular flexibility index (Phi) is 4.01. The first kappa shape index (κ1) is 16.8. The minimum atomic E-state index is -0.901. The molecular weight excluding hydrogens is 334 g/mol. The van der Waals surface area contributed by atoms with Gasteiger partial charge in [-0.25, -0.2) is 4.98 Å². The molecule has 1 aromatic heterocycles. The van der Waals surface area contributed by atoms with Crippen molar-refractivity contribution in [2.24, 2.45) is 23.7 Å². The van der Waals surface area contributed by atoms with Crippen LogP contribution in [0, 0.1) is 23.7 Å². The molecule has 1 aromatic rings. The van der Waals surface area contributed by atoms with Crippen molar-refractivity contribution < 1.29 is 19.5 Å². The maximum absolute atomic E-state index is 13.0. The van der Waals surface area contributed by atoms with Gasteiger partial charge in [0.05, 0.1) is 11.8 Å². The average Bonchev–Trinajstić information content (AvgIpc) is 2.93. The molecule has 2 fully saturated rings. The molecule has 1 saturated carbocycles. The average molecular weight is 355 g/mol. The first-order valence-corrected chi connectivity index (χ1v) is 9.03. The largest absolute Gasteiger partial charge is 0.504 e. The topological polar surface area (TPSA) is 99.6 Å². The van der Waals surface area contributed by atoms with E-state index >= 15 is 0 Å². The number of aromatic hydroxyl groups is 1. The normalized spacial score (nSPS) is 30.4. The Bertz CT molecular complexity index is 774. The highest BCUT2D eigenvalue weighted by atomic mass is 16.3. The lowest BCUT2D eigenvalue weighted by molar-refractivity contribution is -0.146. The quantitative estimate of drug-likeness (QED) is 0.633. The number of nitrogens with one attached hydrogen (secondary N) is 1. The second-order valence-corrected chi connectivity index (χ2v) is 7.17. The Morgan fingerprint density at radius 3 is 2.38 bits per heavy atom. The van der Waals surface area contributed by atoms with Crippen LogP contribution in [0.4, 0.5) is 5.82 Å². The van der Waals surface area contributed by atoms with E-state index < -0.39 is 11.9 Å². The minimum Gasteiger partial charge on any atom is -0.504 e. The molecule has 3 amide bonds. The number of carbonyl (C=O) groups excluding carboxylic acids is 3. The predicted octanol–water partition coefficient (Wildman–Crippen LogP) is 1.70. The van der Waals surface area contributed by atoms with Crippen molar-refractivity contribution in [2.75, 3.05) is 5.32 Å². The summed E-state index contributed by atoms with van der Waals surface area (Å²) in [6.45, 7) is 1.76. The summed E-state index contributed by atoms with van der Waals surface area (Å²) in [5.74, 6) is -1.63. The molecule has 1 saturated heterocycles. The molecule has 3 aliphatic carbocycles. The summed E-state index contributed by atoms with van der Waals surface area (Å²) in [7, 11) is 0. The number of amides is 3. The monoisotopic (exact) mass is 355 g/mol. The van der Waals surface area contributed by atoms with E-state index in [0.717, 1.165) is 17.7 Å². The summed E-state index contributed by atoms with van der Waals surface area (Å²) in [4.78, 5) is 43.8. The van der Waals surface area contributed by atoms with Gasteiger partial charge in [-0.2, -0.15) is 0 Å². The van der Waals surface area contributed by atoms with Gasteiger partial charge in [-0.05, 0) is 43.2 Å². The lowest BCUT2D eigenvalue weighted by Crippen LogP contribution is -2.47. The molecule has 26 heavy (non-hydrogen) atoms. The van der Waals surface area contributed by atoms with Crippen molar-refractivity contribution in [3.05, 3.63) is 30.5 Å². The summed E-state index contributed by atoms with van der Waals surface area (Å²) in [6, 6.07) is 2.05. The highest BCUT2D eigenvalue weighted by molar-refractivity contribution is 6.10. The van der Waals surface area contributed by atoms with Gasteiger partial charge in [-0.15, -0.1) is 0 Å². The molecule has 2 heterocycles. The number of hydrogen-bond donors (Lipinski definition) is 2. The first-order valence-electron chi connectivity index (χ1n) is 9.03. The molecule has 7 nitrogen and oxygen atoms in total. The number of fused-ring (bicyclic) bond motifs is 1. The molecule has 136 valence electrons. The highest BCUT2D eigenvalue weighted by Gasteiger charge is 2.58. The third-order valence-corrected chi connectivity index (χ3v) is 5.82. The van der Waals surface area contributed by atoms with Crippen LogP contribution in [0.1, 0.15) is 26.2 Å². The van der Waals surface area contributed by atoms with Crippen LogP contribution in [0.3, 0.4) is 0 Å². The number of aromatic nitrogens is 1. The predicted molar refractivity (Wildman–Crippen MR) is 92.8 cm³/mol. The third kappa shape index (κ3) is 2.41. The molecule has 2 bridgehead atoms. The zero-order chi connectivity index (χ0) is 18.4. The van der Waals surface area contributed by atoms with Gasteiger partial charge < -0.3 is 10.4 Å². The fourth-order valence-electron chi connectivity index (χ4n) is 4.58. The van der Waals surface area contributed by atoms with Gasteiger partial charge in [0.1, 0.15) is 6.04 Å². The van der Waals surface area contributed by atoms with Crippen LogP contribution in [0.15, 0.2) is 30.5 Å². The zero-order valence-corrected chi connectivity index (χ0v) is 14.5. The van der Waals surface area contributed by atoms with Crippen LogP contribution in [0.2, 0.25) is 0 Å². The fourth-order valence-corrected chi connectivity index (χ4v) is 4.58. The maximum Gasteiger partial charge on any atom is 0.248 e. The number of hydrogen-bond acceptors (Lipinski definition) is 5. The van der Waals surface area contributed by atoms with Crippen molar-refractivity contribution in [1.29, 1.82) is 0 Å². The number of anilines is 1. The van der Waals surface area contributed by atoms with E-state index in [0.29, 0.717) is 6.42 Å². The first-order chi connectivity index (χ1) is 12.5. The smallest absolute Gasteiger partial charge is 0.248 e. The van der Waals surface area contributed by atoms with Crippen molar-refractivity contribution >= 4 is 23.5 Å².